The van der Waals surface area contributed by atoms with Crippen molar-refractivity contribution in [1.29, 1.82) is 5.26 Å². The average Bonchev–Trinajstić information content (AvgIpc) is 3.25. The van der Waals surface area contributed by atoms with Crippen molar-refractivity contribution in [1.82, 2.24) is 14.5 Å². The van der Waals surface area contributed by atoms with Crippen LogP contribution in [0.2, 0.25) is 0 Å². The van der Waals surface area contributed by atoms with Crippen LogP contribution in [0.4, 0.5) is 0 Å². The maximum atomic E-state index is 13.1. The van der Waals surface area contributed by atoms with Gasteiger partial charge in [0.05, 0.1) is 18.7 Å². The molecule has 0 saturated carbocycles. The van der Waals surface area contributed by atoms with E-state index < -0.39 is 11.0 Å². The van der Waals surface area contributed by atoms with Crippen molar-refractivity contribution in [3.05, 3.63) is 46.9 Å². The summed E-state index contributed by atoms with van der Waals surface area (Å²) in [5, 5.41) is 15.3. The van der Waals surface area contributed by atoms with Crippen molar-refractivity contribution in [3.8, 4) is 17.3 Å². The maximum absolute atomic E-state index is 13.1. The molecular weight excluding hydrogens is 388 g/mol. The molecule has 0 bridgehead atoms. The minimum atomic E-state index is -0.817. The first-order valence-corrected chi connectivity index (χ1v) is 10.2. The number of hydrogen-bond acceptors (Lipinski definition) is 7. The van der Waals surface area contributed by atoms with Gasteiger partial charge >= 0.3 is 0 Å². The number of ether oxygens (including phenoxy) is 1. The first-order chi connectivity index (χ1) is 13.8. The van der Waals surface area contributed by atoms with Crippen LogP contribution >= 0.6 is 11.5 Å². The molecule has 1 aliphatic carbocycles. The number of benzene rings is 1. The summed E-state index contributed by atoms with van der Waals surface area (Å²) >= 11 is 1.28. The van der Waals surface area contributed by atoms with Crippen LogP contribution in [-0.2, 0) is 9.53 Å². The van der Waals surface area contributed by atoms with Crippen LogP contribution in [0.3, 0.4) is 0 Å². The Morgan fingerprint density at radius 3 is 2.72 bits per heavy atom. The van der Waals surface area contributed by atoms with E-state index in [0.717, 1.165) is 11.3 Å². The molecule has 1 unspecified atom stereocenters. The van der Waals surface area contributed by atoms with Crippen LogP contribution in [0.5, 0.6) is 0 Å². The molecule has 1 aromatic carbocycles. The van der Waals surface area contributed by atoms with E-state index in [9.17, 15) is 14.9 Å². The summed E-state index contributed by atoms with van der Waals surface area (Å²) in [6, 6.07) is 9.27. The standard InChI is InChI=1S/C21H20N4O3S/c1-20(2)12-21(9-16(10-22)18(20)26)13-25(7-8-28-21)19(27)15-5-3-14(4-6-15)17-11-29-24-23-17/h3-6,9,11H,7-8,12-13H2,1-2H3. The fourth-order valence-electron chi connectivity index (χ4n) is 4.09. The molecule has 1 saturated heterocycles. The molecule has 148 valence electrons. The minimum Gasteiger partial charge on any atom is -0.367 e. The number of aromatic nitrogens is 2. The fourth-order valence-corrected chi connectivity index (χ4v) is 4.55. The van der Waals surface area contributed by atoms with Gasteiger partial charge in [0.25, 0.3) is 5.91 Å². The number of allylic oxidation sites excluding steroid dienone is 1. The van der Waals surface area contributed by atoms with Crippen LogP contribution in [0.25, 0.3) is 11.3 Å². The largest absolute Gasteiger partial charge is 0.367 e. The lowest BCUT2D eigenvalue weighted by Gasteiger charge is -2.46. The number of Topliss-reactive ketones (excluding diaryl/α,β-unsaturated/α-hetero) is 1. The van der Waals surface area contributed by atoms with E-state index in [1.807, 2.05) is 37.4 Å². The Bertz CT molecular complexity index is 1020. The Morgan fingerprint density at radius 1 is 1.31 bits per heavy atom. The summed E-state index contributed by atoms with van der Waals surface area (Å²) in [6.07, 6.45) is 2.04. The van der Waals surface area contributed by atoms with Crippen molar-refractivity contribution in [2.45, 2.75) is 25.9 Å². The van der Waals surface area contributed by atoms with Crippen LogP contribution in [-0.4, -0.2) is 51.5 Å². The van der Waals surface area contributed by atoms with Crippen LogP contribution < -0.4 is 0 Å². The van der Waals surface area contributed by atoms with Crippen molar-refractivity contribution in [3.63, 3.8) is 0 Å². The molecule has 29 heavy (non-hydrogen) atoms. The van der Waals surface area contributed by atoms with Gasteiger partial charge in [-0.15, -0.1) is 5.10 Å². The van der Waals surface area contributed by atoms with E-state index in [2.05, 4.69) is 9.59 Å². The number of nitrogens with zero attached hydrogens (tertiary/aromatic N) is 4. The highest BCUT2D eigenvalue weighted by Gasteiger charge is 2.48. The van der Waals surface area contributed by atoms with Gasteiger partial charge in [-0.3, -0.25) is 9.59 Å². The van der Waals surface area contributed by atoms with E-state index in [4.69, 9.17) is 4.74 Å². The molecule has 1 spiro atoms. The summed E-state index contributed by atoms with van der Waals surface area (Å²) in [7, 11) is 0. The van der Waals surface area contributed by atoms with E-state index >= 15 is 0 Å². The smallest absolute Gasteiger partial charge is 0.254 e. The quantitative estimate of drug-likeness (QED) is 0.758. The second-order valence-corrected chi connectivity index (χ2v) is 8.68. The summed E-state index contributed by atoms with van der Waals surface area (Å²) in [6.45, 7) is 4.76. The highest BCUT2D eigenvalue weighted by molar-refractivity contribution is 7.03. The number of nitriles is 1. The molecule has 1 atom stereocenters. The summed E-state index contributed by atoms with van der Waals surface area (Å²) in [5.41, 5.74) is 0.837. The number of ketones is 1. The average molecular weight is 408 g/mol. The van der Waals surface area contributed by atoms with Gasteiger partial charge in [0.15, 0.2) is 5.78 Å². The molecule has 2 aliphatic rings. The number of amides is 1. The number of carbonyl (C=O) groups excluding carboxylic acids is 2. The predicted octanol–water partition coefficient (Wildman–Crippen LogP) is 2.87. The maximum Gasteiger partial charge on any atom is 0.254 e. The molecule has 1 aromatic heterocycles. The number of morpholine rings is 1. The predicted molar refractivity (Wildman–Crippen MR) is 107 cm³/mol. The number of hydrogen-bond donors (Lipinski definition) is 0. The zero-order valence-electron chi connectivity index (χ0n) is 16.2. The van der Waals surface area contributed by atoms with E-state index in [1.165, 1.54) is 11.5 Å². The van der Waals surface area contributed by atoms with Gasteiger partial charge in [-0.05, 0) is 36.2 Å². The Kier molecular flexibility index (Phi) is 4.81. The van der Waals surface area contributed by atoms with Crippen molar-refractivity contribution < 1.29 is 14.3 Å². The summed E-state index contributed by atoms with van der Waals surface area (Å²) < 4.78 is 9.88. The first-order valence-electron chi connectivity index (χ1n) is 9.32. The summed E-state index contributed by atoms with van der Waals surface area (Å²) in [5.74, 6) is -0.276. The fraction of sp³-hybridized carbons (Fsp3) is 0.381. The molecular formula is C21H20N4O3S. The molecule has 7 nitrogen and oxygen atoms in total. The lowest BCUT2D eigenvalue weighted by molar-refractivity contribution is -0.134. The third-order valence-electron chi connectivity index (χ3n) is 5.41. The van der Waals surface area contributed by atoms with Gasteiger partial charge in [-0.2, -0.15) is 5.26 Å². The lowest BCUT2D eigenvalue weighted by atomic mass is 9.69. The molecule has 2 aromatic rings. The third kappa shape index (κ3) is 3.59. The van der Waals surface area contributed by atoms with E-state index in [1.54, 1.807) is 23.1 Å². The van der Waals surface area contributed by atoms with Crippen molar-refractivity contribution in [2.24, 2.45) is 5.41 Å². The third-order valence-corrected chi connectivity index (χ3v) is 5.92. The van der Waals surface area contributed by atoms with E-state index in [0.29, 0.717) is 31.7 Å². The van der Waals surface area contributed by atoms with Gasteiger partial charge in [-0.25, -0.2) is 0 Å². The normalized spacial score (nSPS) is 23.6. The van der Waals surface area contributed by atoms with Crippen LogP contribution in [0.1, 0.15) is 30.6 Å². The Morgan fingerprint density at radius 2 is 2.07 bits per heavy atom. The highest BCUT2D eigenvalue weighted by atomic mass is 32.1. The SMILES string of the molecule is CC1(C)CC2(C=C(C#N)C1=O)CN(C(=O)c1ccc(-c3csnn3)cc1)CCO2. The van der Waals surface area contributed by atoms with Crippen molar-refractivity contribution in [2.75, 3.05) is 19.7 Å². The topological polar surface area (TPSA) is 96.2 Å². The molecule has 2 heterocycles. The zero-order chi connectivity index (χ0) is 20.6. The van der Waals surface area contributed by atoms with Crippen LogP contribution in [0, 0.1) is 16.7 Å². The molecule has 1 aliphatic heterocycles. The van der Waals surface area contributed by atoms with Crippen LogP contribution in [0.15, 0.2) is 41.3 Å². The second kappa shape index (κ2) is 7.17. The first kappa shape index (κ1) is 19.4. The van der Waals surface area contributed by atoms with Gasteiger partial charge in [0, 0.05) is 28.5 Å². The Hall–Kier alpha value is -2.89. The summed E-state index contributed by atoms with van der Waals surface area (Å²) in [4.78, 5) is 27.3. The van der Waals surface area contributed by atoms with Gasteiger partial charge in [0.1, 0.15) is 17.4 Å². The monoisotopic (exact) mass is 408 g/mol. The molecule has 0 radical (unpaired) electrons. The van der Waals surface area contributed by atoms with Gasteiger partial charge < -0.3 is 9.64 Å². The molecule has 1 amide bonds. The highest BCUT2D eigenvalue weighted by Crippen LogP contribution is 2.41. The number of carbonyl (C=O) groups is 2. The van der Waals surface area contributed by atoms with Crippen molar-refractivity contribution >= 4 is 23.2 Å². The van der Waals surface area contributed by atoms with E-state index in [-0.39, 0.29) is 17.3 Å². The lowest BCUT2D eigenvalue weighted by Crippen LogP contribution is -2.57. The minimum absolute atomic E-state index is 0.0998. The molecule has 0 N–H and O–H groups in total. The molecule has 1 fully saturated rings. The zero-order valence-corrected chi connectivity index (χ0v) is 17.0. The Labute approximate surface area is 172 Å². The molecule has 4 rings (SSSR count). The van der Waals surface area contributed by atoms with Gasteiger partial charge in [0.2, 0.25) is 0 Å². The Balaban J connectivity index is 1.57. The second-order valence-electron chi connectivity index (χ2n) is 8.07. The van der Waals surface area contributed by atoms with Gasteiger partial charge in [-0.1, -0.05) is 30.5 Å². The molecule has 8 heteroatoms. The number of rotatable bonds is 2.